The number of nitrogens with zero attached hydrogens (tertiary/aromatic N) is 4. The van der Waals surface area contributed by atoms with Crippen molar-refractivity contribution < 1.29 is 18.7 Å². The number of ether oxygens (including phenoxy) is 1. The first-order valence-electron chi connectivity index (χ1n) is 15.8. The summed E-state index contributed by atoms with van der Waals surface area (Å²) in [7, 11) is -3.52. The van der Waals surface area contributed by atoms with Gasteiger partial charge in [0.1, 0.15) is 23.1 Å². The Hall–Kier alpha value is -2.14. The second kappa shape index (κ2) is 11.3. The molecule has 2 aliphatic rings. The summed E-state index contributed by atoms with van der Waals surface area (Å²) in [5, 5.41) is 3.52. The van der Waals surface area contributed by atoms with E-state index in [-0.39, 0.29) is 5.97 Å². The number of aromatic nitrogens is 4. The van der Waals surface area contributed by atoms with Crippen LogP contribution >= 0.6 is 23.2 Å². The van der Waals surface area contributed by atoms with Crippen molar-refractivity contribution in [2.24, 2.45) is 0 Å². The van der Waals surface area contributed by atoms with Crippen molar-refractivity contribution in [3.8, 4) is 0 Å². The largest absolute Gasteiger partial charge is 0.462 e. The quantitative estimate of drug-likeness (QED) is 0.118. The molecular weight excluding hydrogens is 611 g/mol. The zero-order valence-corrected chi connectivity index (χ0v) is 31.1. The van der Waals surface area contributed by atoms with Gasteiger partial charge in [-0.05, 0) is 61.1 Å². The topological polar surface area (TPSA) is 43.9 Å². The lowest BCUT2D eigenvalue weighted by molar-refractivity contribution is -0.674. The van der Waals surface area contributed by atoms with Crippen molar-refractivity contribution in [3.05, 3.63) is 58.6 Å². The lowest BCUT2D eigenvalue weighted by atomic mass is 10.2. The van der Waals surface area contributed by atoms with Crippen molar-refractivity contribution in [3.63, 3.8) is 0 Å². The summed E-state index contributed by atoms with van der Waals surface area (Å²) in [5.41, 5.74) is 6.45. The molecule has 0 aliphatic carbocycles. The van der Waals surface area contributed by atoms with Gasteiger partial charge in [0.2, 0.25) is 0 Å². The van der Waals surface area contributed by atoms with Gasteiger partial charge in [0, 0.05) is 0 Å². The molecule has 0 N–H and O–H groups in total. The lowest BCUT2D eigenvalue weighted by Gasteiger charge is -2.33. The molecule has 6 rings (SSSR count). The van der Waals surface area contributed by atoms with E-state index in [1.807, 2.05) is 19.2 Å². The Morgan fingerprint density at radius 1 is 0.814 bits per heavy atom. The number of pyridine rings is 2. The molecule has 0 bridgehead atoms. The van der Waals surface area contributed by atoms with Crippen molar-refractivity contribution in [1.82, 2.24) is 8.47 Å². The van der Waals surface area contributed by atoms with Crippen molar-refractivity contribution in [2.45, 2.75) is 110 Å². The van der Waals surface area contributed by atoms with Crippen LogP contribution in [0.2, 0.25) is 32.2 Å². The molecule has 0 radical (unpaired) electrons. The third kappa shape index (κ3) is 4.26. The monoisotopic (exact) mass is 658 g/mol. The van der Waals surface area contributed by atoms with Crippen LogP contribution in [-0.2, 0) is 4.74 Å². The van der Waals surface area contributed by atoms with E-state index in [0.717, 1.165) is 16.1 Å². The molecule has 4 aromatic heterocycles. The Morgan fingerprint density at radius 2 is 1.28 bits per heavy atom. The van der Waals surface area contributed by atoms with Crippen LogP contribution in [-0.4, -0.2) is 37.5 Å². The van der Waals surface area contributed by atoms with E-state index in [4.69, 9.17) is 27.9 Å². The molecule has 43 heavy (non-hydrogen) atoms. The third-order valence-corrected chi connectivity index (χ3v) is 24.5. The molecule has 6 heterocycles. The number of carbonyl (C=O) groups is 1. The number of halogens is 2. The Morgan fingerprint density at radius 3 is 1.77 bits per heavy atom. The van der Waals surface area contributed by atoms with Gasteiger partial charge in [0.05, 0.1) is 46.0 Å². The first kappa shape index (κ1) is 32.3. The average molecular weight is 660 g/mol. The summed E-state index contributed by atoms with van der Waals surface area (Å²) in [6.07, 6.45) is 8.54. The van der Waals surface area contributed by atoms with E-state index in [1.165, 1.54) is 11.0 Å². The van der Waals surface area contributed by atoms with Crippen molar-refractivity contribution in [2.75, 3.05) is 6.61 Å². The smallest absolute Gasteiger partial charge is 0.343 e. The SMILES string of the molecule is CC(C)[Si]1(C(C)C)C(C)[n+]2ccc(Cl)c3ccn1c32.CCOC(=O)c1c[n+]2c3c(ccn3[Si](C(C)C)(C(C)C)C2C)c1Cl. The molecule has 0 saturated heterocycles. The average Bonchev–Trinajstić information content (AvgIpc) is 3.66. The van der Waals surface area contributed by atoms with Crippen LogP contribution in [0.15, 0.2) is 43.0 Å². The molecule has 0 amide bonds. The molecule has 4 aromatic rings. The molecule has 0 aromatic carbocycles. The molecule has 0 saturated carbocycles. The maximum atomic E-state index is 12.3. The molecule has 10 heteroatoms. The van der Waals surface area contributed by atoms with Crippen LogP contribution in [0.25, 0.3) is 22.1 Å². The summed E-state index contributed by atoms with van der Waals surface area (Å²) in [6.45, 7) is 25.7. The predicted octanol–water partition coefficient (Wildman–Crippen LogP) is 8.80. The molecular formula is C33H48Cl2N4O2Si2+2. The van der Waals surface area contributed by atoms with Gasteiger partial charge in [0.15, 0.2) is 0 Å². The fourth-order valence-corrected chi connectivity index (χ4v) is 22.4. The Bertz CT molecular complexity index is 1690. The van der Waals surface area contributed by atoms with Crippen LogP contribution in [0.4, 0.5) is 0 Å². The normalized spacial score (nSPS) is 19.7. The molecule has 232 valence electrons. The third-order valence-electron chi connectivity index (χ3n) is 10.8. The van der Waals surface area contributed by atoms with Gasteiger partial charge in [-0.25, -0.2) is 13.9 Å². The number of hydrogen-bond donors (Lipinski definition) is 0. The molecule has 0 spiro atoms. The molecule has 2 atom stereocenters. The Balaban J connectivity index is 0.000000176. The van der Waals surface area contributed by atoms with Crippen molar-refractivity contribution >= 4 is 67.7 Å². The second-order valence-electron chi connectivity index (χ2n) is 13.6. The highest BCUT2D eigenvalue weighted by molar-refractivity contribution is 6.82. The highest BCUT2D eigenvalue weighted by Crippen LogP contribution is 2.47. The summed E-state index contributed by atoms with van der Waals surface area (Å²) in [6, 6.07) is 6.28. The highest BCUT2D eigenvalue weighted by Gasteiger charge is 2.62. The molecule has 6 nitrogen and oxygen atoms in total. The van der Waals surface area contributed by atoms with Gasteiger partial charge in [0.25, 0.3) is 11.3 Å². The fraction of sp³-hybridized carbons (Fsp3) is 0.545. The minimum Gasteiger partial charge on any atom is -0.462 e. The number of esters is 1. The fourth-order valence-electron chi connectivity index (χ4n) is 9.25. The van der Waals surface area contributed by atoms with E-state index in [0.29, 0.717) is 50.7 Å². The van der Waals surface area contributed by atoms with Gasteiger partial charge in [-0.1, -0.05) is 78.6 Å². The molecule has 2 unspecified atom stereocenters. The van der Waals surface area contributed by atoms with Crippen LogP contribution in [0.1, 0.15) is 97.8 Å². The number of carbonyl (C=O) groups excluding carboxylic acids is 1. The maximum Gasteiger partial charge on any atom is 0.343 e. The van der Waals surface area contributed by atoms with Crippen LogP contribution in [0.5, 0.6) is 0 Å². The summed E-state index contributed by atoms with van der Waals surface area (Å²) in [4.78, 5) is 12.3. The zero-order valence-electron chi connectivity index (χ0n) is 27.6. The Labute approximate surface area is 268 Å². The zero-order chi connectivity index (χ0) is 31.8. The van der Waals surface area contributed by atoms with Gasteiger partial charge < -0.3 is 4.74 Å². The second-order valence-corrected chi connectivity index (χ2v) is 25.2. The van der Waals surface area contributed by atoms with Gasteiger partial charge >= 0.3 is 22.4 Å². The van der Waals surface area contributed by atoms with Gasteiger partial charge in [-0.3, -0.25) is 8.47 Å². The highest BCUT2D eigenvalue weighted by atomic mass is 35.5. The van der Waals surface area contributed by atoms with Crippen molar-refractivity contribution in [1.29, 1.82) is 0 Å². The minimum atomic E-state index is -1.87. The lowest BCUT2D eigenvalue weighted by Crippen LogP contribution is -2.56. The first-order chi connectivity index (χ1) is 20.2. The Kier molecular flexibility index (Phi) is 8.51. The van der Waals surface area contributed by atoms with Gasteiger partial charge in [-0.15, -0.1) is 0 Å². The first-order valence-corrected chi connectivity index (χ1v) is 20.9. The van der Waals surface area contributed by atoms with Gasteiger partial charge in [-0.2, -0.15) is 0 Å². The molecule has 2 aliphatic heterocycles. The van der Waals surface area contributed by atoms with Crippen LogP contribution in [0, 0.1) is 0 Å². The summed E-state index contributed by atoms with van der Waals surface area (Å²) < 4.78 is 15.0. The van der Waals surface area contributed by atoms with E-state index in [2.05, 4.69) is 118 Å². The minimum absolute atomic E-state index is 0.346. The van der Waals surface area contributed by atoms with E-state index in [9.17, 15) is 4.79 Å². The van der Waals surface area contributed by atoms with E-state index >= 15 is 0 Å². The van der Waals surface area contributed by atoms with E-state index in [1.54, 1.807) is 0 Å². The summed E-state index contributed by atoms with van der Waals surface area (Å²) in [5.74, 6) is -0.346. The van der Waals surface area contributed by atoms with Crippen LogP contribution < -0.4 is 9.13 Å². The maximum absolute atomic E-state index is 12.3. The predicted molar refractivity (Wildman–Crippen MR) is 182 cm³/mol. The summed E-state index contributed by atoms with van der Waals surface area (Å²) >= 11 is 12.9. The van der Waals surface area contributed by atoms with E-state index < -0.39 is 16.5 Å². The van der Waals surface area contributed by atoms with Crippen LogP contribution in [0.3, 0.4) is 0 Å². The number of hydrogen-bond acceptors (Lipinski definition) is 2. The molecule has 0 fully saturated rings. The number of rotatable bonds is 6. The standard InChI is InChI=1S/C18H26ClN2O2Si.C15H22ClN2Si/c1-7-23-18(22)15-10-20-13(6)24(11(2)3,12(4)5)21-9-8-14(16(15)19)17(20)21;1-10(2)19(11(3)4)12(5)17-8-7-14(16)13-6-9-18(19)15(13)17/h8-13H,7H2,1-6H3;6-12H,1-5H3/q2*+1.